The van der Waals surface area contributed by atoms with Gasteiger partial charge in [0.1, 0.15) is 5.52 Å². The highest BCUT2D eigenvalue weighted by atomic mass is 16.3. The maximum Gasteiger partial charge on any atom is 0.220 e. The van der Waals surface area contributed by atoms with Crippen molar-refractivity contribution >= 4 is 32.4 Å². The van der Waals surface area contributed by atoms with E-state index in [2.05, 4.69) is 0 Å². The van der Waals surface area contributed by atoms with Crippen LogP contribution in [0.15, 0.2) is 76.5 Å². The zero-order valence-corrected chi connectivity index (χ0v) is 17.7. The number of rotatable bonds is 2. The molecule has 158 valence electrons. The number of para-hydroxylation sites is 1. The van der Waals surface area contributed by atoms with Crippen LogP contribution in [0.4, 0.5) is 0 Å². The van der Waals surface area contributed by atoms with Crippen LogP contribution in [0.2, 0.25) is 0 Å². The van der Waals surface area contributed by atoms with E-state index in [0.717, 1.165) is 23.9 Å². The predicted octanol–water partition coefficient (Wildman–Crippen LogP) is 5.07. The van der Waals surface area contributed by atoms with Gasteiger partial charge in [0.15, 0.2) is 5.43 Å². The molecule has 0 saturated heterocycles. The highest BCUT2D eigenvalue weighted by Gasteiger charge is 2.20. The van der Waals surface area contributed by atoms with Crippen LogP contribution in [0, 0.1) is 0 Å². The lowest BCUT2D eigenvalue weighted by Crippen LogP contribution is -2.20. The number of benzene rings is 4. The number of aromatic hydroxyl groups is 1. The van der Waals surface area contributed by atoms with Gasteiger partial charge in [-0.1, -0.05) is 61.7 Å². The number of hydrogen-bond acceptors (Lipinski definition) is 4. The molecular weight excluding hydrogens is 398 g/mol. The number of hydrogen-bond donors (Lipinski definition) is 1. The number of aromatic nitrogens is 2. The summed E-state index contributed by atoms with van der Waals surface area (Å²) in [7, 11) is 0. The third kappa shape index (κ3) is 2.88. The molecule has 1 saturated carbocycles. The molecule has 5 heteroatoms. The number of nitrogens with zero attached hydrogens (tertiary/aromatic N) is 3. The van der Waals surface area contributed by atoms with E-state index in [1.807, 2.05) is 66.7 Å². The molecule has 1 N–H and O–H groups in total. The van der Waals surface area contributed by atoms with E-state index >= 15 is 0 Å². The van der Waals surface area contributed by atoms with Crippen molar-refractivity contribution in [2.24, 2.45) is 4.99 Å². The third-order valence-corrected chi connectivity index (χ3v) is 6.61. The fraction of sp³-hybridized carbons (Fsp3) is 0.222. The molecule has 1 aliphatic rings. The zero-order chi connectivity index (χ0) is 21.7. The largest absolute Gasteiger partial charge is 0.493 e. The minimum absolute atomic E-state index is 0.0209. The Hall–Kier alpha value is -3.73. The molecule has 32 heavy (non-hydrogen) atoms. The second kappa shape index (κ2) is 7.45. The summed E-state index contributed by atoms with van der Waals surface area (Å²) < 4.78 is 1.55. The van der Waals surface area contributed by atoms with Crippen molar-refractivity contribution in [3.8, 4) is 11.6 Å². The van der Waals surface area contributed by atoms with Gasteiger partial charge < -0.3 is 5.11 Å². The van der Waals surface area contributed by atoms with Crippen LogP contribution in [0.1, 0.15) is 32.1 Å². The summed E-state index contributed by atoms with van der Waals surface area (Å²) in [4.78, 5) is 18.7. The Labute approximate surface area is 184 Å². The molecule has 0 amide bonds. The first kappa shape index (κ1) is 19.0. The Morgan fingerprint density at radius 3 is 2.31 bits per heavy atom. The van der Waals surface area contributed by atoms with E-state index in [-0.39, 0.29) is 17.4 Å². The highest BCUT2D eigenvalue weighted by Crippen LogP contribution is 2.34. The first-order valence-corrected chi connectivity index (χ1v) is 11.2. The lowest BCUT2D eigenvalue weighted by Gasteiger charge is -2.18. The second-order valence-electron chi connectivity index (χ2n) is 8.60. The summed E-state index contributed by atoms with van der Waals surface area (Å²) in [6.07, 6.45) is 5.73. The van der Waals surface area contributed by atoms with E-state index in [1.165, 1.54) is 19.3 Å². The van der Waals surface area contributed by atoms with Gasteiger partial charge in [-0.2, -0.15) is 5.10 Å². The van der Waals surface area contributed by atoms with Gasteiger partial charge in [0, 0.05) is 21.5 Å². The Bertz CT molecular complexity index is 1580. The average molecular weight is 422 g/mol. The van der Waals surface area contributed by atoms with Crippen LogP contribution in [0.3, 0.4) is 0 Å². The Morgan fingerprint density at radius 2 is 1.53 bits per heavy atom. The first-order valence-electron chi connectivity index (χ1n) is 11.2. The zero-order valence-electron chi connectivity index (χ0n) is 17.7. The molecule has 0 unspecified atom stereocenters. The number of fused-ring (bicyclic) bond motifs is 2. The van der Waals surface area contributed by atoms with Crippen LogP contribution in [-0.2, 0) is 0 Å². The topological polar surface area (TPSA) is 67.5 Å². The monoisotopic (exact) mass is 421 g/mol. The van der Waals surface area contributed by atoms with Gasteiger partial charge in [0.05, 0.1) is 22.5 Å². The summed E-state index contributed by atoms with van der Waals surface area (Å²) in [6, 6.07) is 21.1. The van der Waals surface area contributed by atoms with E-state index in [9.17, 15) is 9.90 Å². The second-order valence-corrected chi connectivity index (χ2v) is 8.60. The normalized spacial score (nSPS) is 15.8. The molecule has 5 aromatic rings. The molecule has 5 nitrogen and oxygen atoms in total. The summed E-state index contributed by atoms with van der Waals surface area (Å²) in [5, 5.41) is 20.0. The maximum atomic E-state index is 13.6. The molecule has 0 aliphatic heterocycles. The Balaban J connectivity index is 1.78. The van der Waals surface area contributed by atoms with Crippen molar-refractivity contribution in [2.45, 2.75) is 38.1 Å². The van der Waals surface area contributed by atoms with Crippen LogP contribution in [-0.4, -0.2) is 20.9 Å². The lowest BCUT2D eigenvalue weighted by atomic mass is 9.95. The lowest BCUT2D eigenvalue weighted by molar-refractivity contribution is 0.433. The summed E-state index contributed by atoms with van der Waals surface area (Å²) in [5.74, 6) is 0.0209. The van der Waals surface area contributed by atoms with Crippen molar-refractivity contribution in [3.63, 3.8) is 0 Å². The smallest absolute Gasteiger partial charge is 0.220 e. The van der Waals surface area contributed by atoms with Gasteiger partial charge in [-0.05, 0) is 37.1 Å². The quantitative estimate of drug-likeness (QED) is 0.320. The van der Waals surface area contributed by atoms with Crippen LogP contribution in [0.25, 0.3) is 38.1 Å². The van der Waals surface area contributed by atoms with Crippen LogP contribution < -0.4 is 10.8 Å². The van der Waals surface area contributed by atoms with E-state index in [1.54, 1.807) is 4.68 Å². The highest BCUT2D eigenvalue weighted by molar-refractivity contribution is 6.20. The van der Waals surface area contributed by atoms with Gasteiger partial charge >= 0.3 is 0 Å². The van der Waals surface area contributed by atoms with E-state index in [4.69, 9.17) is 10.1 Å². The summed E-state index contributed by atoms with van der Waals surface area (Å²) in [5.41, 5.74) is 1.41. The van der Waals surface area contributed by atoms with Gasteiger partial charge in [-0.3, -0.25) is 9.79 Å². The summed E-state index contributed by atoms with van der Waals surface area (Å²) in [6.45, 7) is 0. The van der Waals surface area contributed by atoms with Gasteiger partial charge in [0.25, 0.3) is 0 Å². The Kier molecular flexibility index (Phi) is 4.42. The standard InChI is InChI=1S/C27H23N3O2/c31-26-20-14-8-7-13-19(20)25-23-21(27(32)30(29-25)18-11-5-2-6-12-18)15-16-22(24(23)26)28-17-9-3-1-4-10-17/h2,5-8,11-17,32H,1,3-4,9-10H2. The molecule has 0 atom stereocenters. The molecule has 1 heterocycles. The molecule has 0 spiro atoms. The molecule has 0 radical (unpaired) electrons. The third-order valence-electron chi connectivity index (χ3n) is 6.61. The fourth-order valence-electron chi connectivity index (χ4n) is 5.04. The van der Waals surface area contributed by atoms with Gasteiger partial charge in [-0.15, -0.1) is 0 Å². The van der Waals surface area contributed by atoms with Crippen molar-refractivity contribution in [1.29, 1.82) is 0 Å². The van der Waals surface area contributed by atoms with Gasteiger partial charge in [0.2, 0.25) is 5.88 Å². The predicted molar refractivity (Wildman–Crippen MR) is 128 cm³/mol. The molecule has 1 aliphatic carbocycles. The van der Waals surface area contributed by atoms with Gasteiger partial charge in [-0.25, -0.2) is 4.68 Å². The minimum atomic E-state index is -0.0491. The van der Waals surface area contributed by atoms with Crippen molar-refractivity contribution in [2.75, 3.05) is 0 Å². The van der Waals surface area contributed by atoms with E-state index in [0.29, 0.717) is 32.4 Å². The SMILES string of the molecule is O=c1c2ccccc2c2nn(-c3ccccc3)c(O)c3ccc(=NC4CCCCC4)c1c32. The van der Waals surface area contributed by atoms with Crippen LogP contribution in [0.5, 0.6) is 5.88 Å². The average Bonchev–Trinajstić information content (AvgIpc) is 2.85. The fourth-order valence-corrected chi connectivity index (χ4v) is 5.04. The molecule has 0 bridgehead atoms. The maximum absolute atomic E-state index is 13.6. The minimum Gasteiger partial charge on any atom is -0.493 e. The first-order chi connectivity index (χ1) is 15.7. The van der Waals surface area contributed by atoms with Crippen molar-refractivity contribution < 1.29 is 5.11 Å². The van der Waals surface area contributed by atoms with Crippen molar-refractivity contribution in [3.05, 3.63) is 82.3 Å². The summed E-state index contributed by atoms with van der Waals surface area (Å²) >= 11 is 0. The molecule has 1 fully saturated rings. The Morgan fingerprint density at radius 1 is 0.812 bits per heavy atom. The molecular formula is C27H23N3O2. The molecule has 1 aromatic heterocycles. The van der Waals surface area contributed by atoms with E-state index < -0.39 is 0 Å². The van der Waals surface area contributed by atoms with Crippen molar-refractivity contribution in [1.82, 2.24) is 9.78 Å². The van der Waals surface area contributed by atoms with Crippen LogP contribution >= 0.6 is 0 Å². The molecule has 4 aromatic carbocycles. The molecule has 6 rings (SSSR count).